The Morgan fingerprint density at radius 1 is 1.29 bits per heavy atom. The van der Waals surface area contributed by atoms with Gasteiger partial charge in [-0.15, -0.1) is 0 Å². The number of hydrogen-bond acceptors (Lipinski definition) is 5. The Hall–Kier alpha value is -2.37. The molecule has 0 aliphatic heterocycles. The molecule has 1 N–H and O–H groups in total. The molecule has 0 heterocycles. The molecule has 1 aliphatic rings. The summed E-state index contributed by atoms with van der Waals surface area (Å²) in [5.74, 6) is 0.544. The van der Waals surface area contributed by atoms with Crippen LogP contribution in [0.1, 0.15) is 32.1 Å². The maximum Gasteiger partial charge on any atom is 0.273 e. The zero-order chi connectivity index (χ0) is 15.2. The SMILES string of the molecule is COc1cc([N+](=O)[O-])ccc1NC=C1CCCCCC1=O. The predicted octanol–water partition coefficient (Wildman–Crippen LogP) is 3.43. The molecule has 1 aromatic rings. The molecule has 2 rings (SSSR count). The number of non-ortho nitro benzene ring substituents is 1. The molecule has 0 radical (unpaired) electrons. The quantitative estimate of drug-likeness (QED) is 0.397. The van der Waals surface area contributed by atoms with E-state index in [1.807, 2.05) is 0 Å². The van der Waals surface area contributed by atoms with Gasteiger partial charge in [0.25, 0.3) is 5.69 Å². The van der Waals surface area contributed by atoms with Crippen LogP contribution in [0.5, 0.6) is 5.75 Å². The second kappa shape index (κ2) is 6.88. The molecule has 6 nitrogen and oxygen atoms in total. The number of carbonyl (C=O) groups is 1. The molecule has 21 heavy (non-hydrogen) atoms. The first-order valence-electron chi connectivity index (χ1n) is 6.93. The Morgan fingerprint density at radius 3 is 2.76 bits per heavy atom. The van der Waals surface area contributed by atoms with E-state index in [-0.39, 0.29) is 11.5 Å². The van der Waals surface area contributed by atoms with Crippen LogP contribution < -0.4 is 10.1 Å². The molecular formula is C15H18N2O4. The molecule has 1 fully saturated rings. The van der Waals surface area contributed by atoms with Crippen molar-refractivity contribution in [1.82, 2.24) is 0 Å². The fourth-order valence-corrected chi connectivity index (χ4v) is 2.31. The van der Waals surface area contributed by atoms with Crippen molar-refractivity contribution in [2.45, 2.75) is 32.1 Å². The van der Waals surface area contributed by atoms with Gasteiger partial charge in [0, 0.05) is 24.3 Å². The molecule has 0 unspecified atom stereocenters. The van der Waals surface area contributed by atoms with Crippen LogP contribution in [0.25, 0.3) is 0 Å². The van der Waals surface area contributed by atoms with Gasteiger partial charge in [-0.05, 0) is 25.3 Å². The van der Waals surface area contributed by atoms with Crippen LogP contribution in [0, 0.1) is 10.1 Å². The van der Waals surface area contributed by atoms with Crippen LogP contribution >= 0.6 is 0 Å². The van der Waals surface area contributed by atoms with Crippen LogP contribution in [0.4, 0.5) is 11.4 Å². The smallest absolute Gasteiger partial charge is 0.273 e. The molecular weight excluding hydrogens is 272 g/mol. The highest BCUT2D eigenvalue weighted by Gasteiger charge is 2.14. The summed E-state index contributed by atoms with van der Waals surface area (Å²) < 4.78 is 5.15. The van der Waals surface area contributed by atoms with Crippen molar-refractivity contribution >= 4 is 17.2 Å². The van der Waals surface area contributed by atoms with Gasteiger partial charge in [-0.2, -0.15) is 0 Å². The molecule has 1 aromatic carbocycles. The third kappa shape index (κ3) is 3.81. The number of ether oxygens (including phenoxy) is 1. The number of methoxy groups -OCH3 is 1. The fourth-order valence-electron chi connectivity index (χ4n) is 2.31. The van der Waals surface area contributed by atoms with Crippen molar-refractivity contribution in [3.8, 4) is 5.75 Å². The van der Waals surface area contributed by atoms with Crippen LogP contribution in [-0.2, 0) is 4.79 Å². The maximum absolute atomic E-state index is 11.9. The summed E-state index contributed by atoms with van der Waals surface area (Å²) in [6, 6.07) is 4.34. The number of nitro benzene ring substituents is 1. The largest absolute Gasteiger partial charge is 0.494 e. The minimum absolute atomic E-state index is 0.0319. The summed E-state index contributed by atoms with van der Waals surface area (Å²) in [6.45, 7) is 0. The predicted molar refractivity (Wildman–Crippen MR) is 79.4 cm³/mol. The summed E-state index contributed by atoms with van der Waals surface area (Å²) >= 11 is 0. The van der Waals surface area contributed by atoms with Crippen molar-refractivity contribution in [2.24, 2.45) is 0 Å². The van der Waals surface area contributed by atoms with Gasteiger partial charge in [-0.25, -0.2) is 0 Å². The third-order valence-corrected chi connectivity index (χ3v) is 3.51. The summed E-state index contributed by atoms with van der Waals surface area (Å²) in [5.41, 5.74) is 1.34. The number of Topliss-reactive ketones (excluding diaryl/α,β-unsaturated/α-hetero) is 1. The lowest BCUT2D eigenvalue weighted by Crippen LogP contribution is -2.03. The molecule has 0 saturated heterocycles. The Bertz CT molecular complexity index is 581. The lowest BCUT2D eigenvalue weighted by atomic mass is 10.1. The van der Waals surface area contributed by atoms with E-state index in [0.29, 0.717) is 17.9 Å². The number of nitro groups is 1. The number of carbonyl (C=O) groups excluding carboxylic acids is 1. The zero-order valence-electron chi connectivity index (χ0n) is 11.9. The van der Waals surface area contributed by atoms with E-state index in [4.69, 9.17) is 4.74 Å². The molecule has 1 saturated carbocycles. The Kier molecular flexibility index (Phi) is 4.92. The molecule has 0 atom stereocenters. The van der Waals surface area contributed by atoms with E-state index in [1.165, 1.54) is 19.2 Å². The van der Waals surface area contributed by atoms with Gasteiger partial charge in [0.1, 0.15) is 5.75 Å². The highest BCUT2D eigenvalue weighted by Crippen LogP contribution is 2.29. The number of allylic oxidation sites excluding steroid dienone is 1. The average Bonchev–Trinajstić information content (AvgIpc) is 2.69. The molecule has 0 amide bonds. The Labute approximate surface area is 122 Å². The highest BCUT2D eigenvalue weighted by molar-refractivity contribution is 5.95. The van der Waals surface area contributed by atoms with E-state index >= 15 is 0 Å². The molecule has 0 spiro atoms. The van der Waals surface area contributed by atoms with Gasteiger partial charge in [0.05, 0.1) is 23.8 Å². The first-order valence-corrected chi connectivity index (χ1v) is 6.93. The molecule has 0 bridgehead atoms. The van der Waals surface area contributed by atoms with Gasteiger partial charge in [-0.1, -0.05) is 6.42 Å². The van der Waals surface area contributed by atoms with Gasteiger partial charge >= 0.3 is 0 Å². The average molecular weight is 290 g/mol. The number of nitrogens with one attached hydrogen (secondary N) is 1. The van der Waals surface area contributed by atoms with Crippen molar-refractivity contribution in [3.63, 3.8) is 0 Å². The van der Waals surface area contributed by atoms with Gasteiger partial charge in [-0.3, -0.25) is 14.9 Å². The van der Waals surface area contributed by atoms with Crippen LogP contribution in [0.3, 0.4) is 0 Å². The number of rotatable bonds is 4. The van der Waals surface area contributed by atoms with Crippen molar-refractivity contribution in [2.75, 3.05) is 12.4 Å². The maximum atomic E-state index is 11.9. The molecule has 112 valence electrons. The highest BCUT2D eigenvalue weighted by atomic mass is 16.6. The van der Waals surface area contributed by atoms with Crippen LogP contribution in [0.15, 0.2) is 30.0 Å². The summed E-state index contributed by atoms with van der Waals surface area (Å²) in [7, 11) is 1.45. The summed E-state index contributed by atoms with van der Waals surface area (Å²) in [4.78, 5) is 22.2. The first kappa shape index (κ1) is 15.0. The van der Waals surface area contributed by atoms with Crippen molar-refractivity contribution in [1.29, 1.82) is 0 Å². The topological polar surface area (TPSA) is 81.5 Å². The molecule has 6 heteroatoms. The van der Waals surface area contributed by atoms with Crippen LogP contribution in [-0.4, -0.2) is 17.8 Å². The van der Waals surface area contributed by atoms with E-state index in [0.717, 1.165) is 31.3 Å². The van der Waals surface area contributed by atoms with Crippen LogP contribution in [0.2, 0.25) is 0 Å². The van der Waals surface area contributed by atoms with E-state index in [1.54, 1.807) is 12.3 Å². The fraction of sp³-hybridized carbons (Fsp3) is 0.400. The van der Waals surface area contributed by atoms with Crippen molar-refractivity contribution < 1.29 is 14.5 Å². The van der Waals surface area contributed by atoms with E-state index < -0.39 is 4.92 Å². The van der Waals surface area contributed by atoms with E-state index in [2.05, 4.69) is 5.32 Å². The lowest BCUT2D eigenvalue weighted by Gasteiger charge is -2.09. The minimum atomic E-state index is -0.473. The Morgan fingerprint density at radius 2 is 2.05 bits per heavy atom. The number of benzene rings is 1. The first-order chi connectivity index (χ1) is 10.1. The molecule has 1 aliphatic carbocycles. The molecule has 0 aromatic heterocycles. The number of ketones is 1. The van der Waals surface area contributed by atoms with Crippen molar-refractivity contribution in [3.05, 3.63) is 40.1 Å². The van der Waals surface area contributed by atoms with Gasteiger partial charge in [0.15, 0.2) is 5.78 Å². The third-order valence-electron chi connectivity index (χ3n) is 3.51. The van der Waals surface area contributed by atoms with Gasteiger partial charge in [0.2, 0.25) is 0 Å². The number of nitrogens with zero attached hydrogens (tertiary/aromatic N) is 1. The lowest BCUT2D eigenvalue weighted by molar-refractivity contribution is -0.384. The summed E-state index contributed by atoms with van der Waals surface area (Å²) in [5, 5.41) is 13.8. The monoisotopic (exact) mass is 290 g/mol. The summed E-state index contributed by atoms with van der Waals surface area (Å²) in [6.07, 6.45) is 6.07. The normalized spacial score (nSPS) is 17.4. The zero-order valence-corrected chi connectivity index (χ0v) is 11.9. The second-order valence-corrected chi connectivity index (χ2v) is 4.94. The minimum Gasteiger partial charge on any atom is -0.494 e. The Balaban J connectivity index is 2.18. The number of hydrogen-bond donors (Lipinski definition) is 1. The van der Waals surface area contributed by atoms with Gasteiger partial charge < -0.3 is 10.1 Å². The van der Waals surface area contributed by atoms with E-state index in [9.17, 15) is 14.9 Å². The number of anilines is 1. The standard InChI is InChI=1S/C15H18N2O4/c1-21-15-9-12(17(19)20)7-8-13(15)16-10-11-5-3-2-4-6-14(11)18/h7-10,16H,2-6H2,1H3. The second-order valence-electron chi connectivity index (χ2n) is 4.94.